The van der Waals surface area contributed by atoms with Crippen LogP contribution in [0.15, 0.2) is 46.7 Å². The zero-order valence-corrected chi connectivity index (χ0v) is 18.3. The molecule has 166 valence electrons. The van der Waals surface area contributed by atoms with Crippen molar-refractivity contribution < 1.29 is 14.3 Å². The van der Waals surface area contributed by atoms with Crippen LogP contribution in [0.2, 0.25) is 0 Å². The van der Waals surface area contributed by atoms with E-state index in [0.717, 1.165) is 18.8 Å². The molecular weight excluding hydrogens is 430 g/mol. The van der Waals surface area contributed by atoms with Crippen LogP contribution in [0.3, 0.4) is 0 Å². The molecule has 0 bridgehead atoms. The second kappa shape index (κ2) is 8.71. The van der Waals surface area contributed by atoms with E-state index in [1.165, 1.54) is 11.3 Å². The van der Waals surface area contributed by atoms with Crippen molar-refractivity contribution in [2.75, 3.05) is 44.2 Å². The van der Waals surface area contributed by atoms with Crippen molar-refractivity contribution in [3.63, 3.8) is 0 Å². The Balaban J connectivity index is 1.15. The Morgan fingerprint density at radius 2 is 1.94 bits per heavy atom. The summed E-state index contributed by atoms with van der Waals surface area (Å²) in [6.45, 7) is 3.60. The minimum Gasteiger partial charge on any atom is -0.482 e. The average Bonchev–Trinajstić information content (AvgIpc) is 3.28. The summed E-state index contributed by atoms with van der Waals surface area (Å²) in [5, 5.41) is 1.85. The lowest BCUT2D eigenvalue weighted by molar-refractivity contribution is -0.132. The second-order valence-electron chi connectivity index (χ2n) is 7.85. The van der Waals surface area contributed by atoms with Crippen LogP contribution in [0, 0.1) is 0 Å². The maximum Gasteiger partial charge on any atom is 0.265 e. The third-order valence-electron chi connectivity index (χ3n) is 5.82. The van der Waals surface area contributed by atoms with Crippen LogP contribution in [0.5, 0.6) is 5.75 Å². The summed E-state index contributed by atoms with van der Waals surface area (Å²) in [7, 11) is 0. The molecule has 0 unspecified atom stereocenters. The predicted octanol–water partition coefficient (Wildman–Crippen LogP) is 1.22. The highest BCUT2D eigenvalue weighted by Gasteiger charge is 2.27. The molecule has 0 N–H and O–H groups in total. The van der Waals surface area contributed by atoms with Gasteiger partial charge in [-0.15, -0.1) is 11.3 Å². The molecule has 1 saturated heterocycles. The second-order valence-corrected chi connectivity index (χ2v) is 8.72. The fourth-order valence-electron chi connectivity index (χ4n) is 4.12. The summed E-state index contributed by atoms with van der Waals surface area (Å²) in [6.07, 6.45) is 2.00. The van der Waals surface area contributed by atoms with Crippen LogP contribution < -0.4 is 15.2 Å². The topological polar surface area (TPSA) is 87.5 Å². The Morgan fingerprint density at radius 1 is 1.12 bits per heavy atom. The molecule has 9 nitrogen and oxygen atoms in total. The van der Waals surface area contributed by atoms with Gasteiger partial charge in [0.05, 0.1) is 11.4 Å². The van der Waals surface area contributed by atoms with E-state index in [0.29, 0.717) is 42.6 Å². The van der Waals surface area contributed by atoms with Crippen LogP contribution in [-0.4, -0.2) is 70.3 Å². The van der Waals surface area contributed by atoms with E-state index in [4.69, 9.17) is 4.74 Å². The molecule has 3 aromatic rings. The zero-order valence-electron chi connectivity index (χ0n) is 17.5. The Morgan fingerprint density at radius 3 is 2.78 bits per heavy atom. The largest absolute Gasteiger partial charge is 0.482 e. The zero-order chi connectivity index (χ0) is 22.1. The third kappa shape index (κ3) is 4.11. The van der Waals surface area contributed by atoms with Crippen LogP contribution in [-0.2, 0) is 16.1 Å². The molecule has 2 aliphatic heterocycles. The Labute approximate surface area is 188 Å². The van der Waals surface area contributed by atoms with E-state index in [9.17, 15) is 14.4 Å². The molecular formula is C22H23N5O4S. The molecule has 0 saturated carbocycles. The van der Waals surface area contributed by atoms with Gasteiger partial charge < -0.3 is 14.5 Å². The lowest BCUT2D eigenvalue weighted by Crippen LogP contribution is -2.49. The molecule has 10 heteroatoms. The van der Waals surface area contributed by atoms with E-state index >= 15 is 0 Å². The molecule has 5 rings (SSSR count). The fraction of sp³-hybridized carbons (Fsp3) is 0.364. The van der Waals surface area contributed by atoms with E-state index in [1.54, 1.807) is 21.6 Å². The standard InChI is InChI=1S/C22H23N5O4S/c28-19(5-6-26-17-3-1-2-4-18(17)31-15-21(26)30)25-9-7-24(8-10-25)14-16-13-20(29)27-11-12-32-22(27)23-16/h1-4,11-13H,5-10,14-15H2. The van der Waals surface area contributed by atoms with Crippen LogP contribution in [0.25, 0.3) is 4.96 Å². The number of hydrogen-bond donors (Lipinski definition) is 0. The Hall–Kier alpha value is -3.24. The molecule has 32 heavy (non-hydrogen) atoms. The molecule has 0 radical (unpaired) electrons. The van der Waals surface area contributed by atoms with Crippen molar-refractivity contribution >= 4 is 33.8 Å². The number of carbonyl (C=O) groups is 2. The quantitative estimate of drug-likeness (QED) is 0.577. The van der Waals surface area contributed by atoms with Gasteiger partial charge in [0.2, 0.25) is 5.91 Å². The van der Waals surface area contributed by atoms with Crippen molar-refractivity contribution in [2.24, 2.45) is 0 Å². The summed E-state index contributed by atoms with van der Waals surface area (Å²) in [5.41, 5.74) is 1.40. The Bertz CT molecular complexity index is 1210. The normalized spacial score (nSPS) is 16.8. The number of amides is 2. The average molecular weight is 454 g/mol. The van der Waals surface area contributed by atoms with Gasteiger partial charge in [0.15, 0.2) is 11.6 Å². The molecule has 2 amide bonds. The van der Waals surface area contributed by atoms with Gasteiger partial charge in [-0.3, -0.25) is 23.7 Å². The van der Waals surface area contributed by atoms with Gasteiger partial charge in [0.1, 0.15) is 5.75 Å². The monoisotopic (exact) mass is 453 g/mol. The lowest BCUT2D eigenvalue weighted by Gasteiger charge is -2.35. The number of carbonyl (C=O) groups excluding carboxylic acids is 2. The minimum atomic E-state index is -0.132. The summed E-state index contributed by atoms with van der Waals surface area (Å²) >= 11 is 1.44. The van der Waals surface area contributed by atoms with Crippen molar-refractivity contribution in [3.8, 4) is 5.75 Å². The predicted molar refractivity (Wildman–Crippen MR) is 120 cm³/mol. The molecule has 4 heterocycles. The first kappa shape index (κ1) is 20.7. The van der Waals surface area contributed by atoms with E-state index in [-0.39, 0.29) is 30.4 Å². The number of fused-ring (bicyclic) bond motifs is 2. The number of nitrogens with zero attached hydrogens (tertiary/aromatic N) is 5. The number of hydrogen-bond acceptors (Lipinski definition) is 7. The smallest absolute Gasteiger partial charge is 0.265 e. The van der Waals surface area contributed by atoms with Gasteiger partial charge >= 0.3 is 0 Å². The van der Waals surface area contributed by atoms with E-state index in [2.05, 4.69) is 9.88 Å². The number of thiazole rings is 1. The number of piperazine rings is 1. The highest BCUT2D eigenvalue weighted by molar-refractivity contribution is 7.15. The van der Waals surface area contributed by atoms with Crippen molar-refractivity contribution in [2.45, 2.75) is 13.0 Å². The van der Waals surface area contributed by atoms with Gasteiger partial charge in [-0.25, -0.2) is 4.98 Å². The third-order valence-corrected chi connectivity index (χ3v) is 6.58. The van der Waals surface area contributed by atoms with Crippen molar-refractivity contribution in [1.82, 2.24) is 19.2 Å². The maximum atomic E-state index is 12.8. The number of anilines is 1. The van der Waals surface area contributed by atoms with Crippen molar-refractivity contribution in [1.29, 1.82) is 0 Å². The van der Waals surface area contributed by atoms with E-state index in [1.807, 2.05) is 34.5 Å². The minimum absolute atomic E-state index is 0.00123. The van der Waals surface area contributed by atoms with Crippen LogP contribution in [0.4, 0.5) is 5.69 Å². The Kier molecular flexibility index (Phi) is 5.62. The summed E-state index contributed by atoms with van der Waals surface area (Å²) in [5.74, 6) is 0.576. The number of para-hydroxylation sites is 2. The van der Waals surface area contributed by atoms with E-state index < -0.39 is 0 Å². The number of ether oxygens (including phenoxy) is 1. The number of rotatable bonds is 5. The van der Waals surface area contributed by atoms with Crippen molar-refractivity contribution in [3.05, 3.63) is 58.0 Å². The van der Waals surface area contributed by atoms with Gasteiger partial charge in [0.25, 0.3) is 11.5 Å². The first-order chi connectivity index (χ1) is 15.6. The number of benzene rings is 1. The van der Waals surface area contributed by atoms with Gasteiger partial charge in [-0.1, -0.05) is 12.1 Å². The summed E-state index contributed by atoms with van der Waals surface area (Å²) in [4.78, 5) is 48.2. The maximum absolute atomic E-state index is 12.8. The molecule has 0 atom stereocenters. The van der Waals surface area contributed by atoms with Gasteiger partial charge in [0, 0.05) is 63.3 Å². The lowest BCUT2D eigenvalue weighted by atomic mass is 10.2. The molecule has 0 spiro atoms. The van der Waals surface area contributed by atoms with Crippen LogP contribution in [0.1, 0.15) is 12.1 Å². The summed E-state index contributed by atoms with van der Waals surface area (Å²) in [6, 6.07) is 8.96. The summed E-state index contributed by atoms with van der Waals surface area (Å²) < 4.78 is 7.00. The molecule has 2 aromatic heterocycles. The molecule has 2 aliphatic rings. The molecule has 0 aliphatic carbocycles. The van der Waals surface area contributed by atoms with Gasteiger partial charge in [-0.05, 0) is 12.1 Å². The van der Waals surface area contributed by atoms with Gasteiger partial charge in [-0.2, -0.15) is 0 Å². The highest BCUT2D eigenvalue weighted by atomic mass is 32.1. The molecule has 1 fully saturated rings. The fourth-order valence-corrected chi connectivity index (χ4v) is 4.86. The first-order valence-corrected chi connectivity index (χ1v) is 11.4. The van der Waals surface area contributed by atoms with Crippen LogP contribution >= 0.6 is 11.3 Å². The number of aromatic nitrogens is 2. The SMILES string of the molecule is O=C(CCN1C(=O)COc2ccccc21)N1CCN(Cc2cc(=O)n3ccsc3n2)CC1. The highest BCUT2D eigenvalue weighted by Crippen LogP contribution is 2.31. The first-order valence-electron chi connectivity index (χ1n) is 10.6. The molecule has 1 aromatic carbocycles.